The lowest BCUT2D eigenvalue weighted by Gasteiger charge is -2.01. The number of hydrogen-bond acceptors (Lipinski definition) is 2. The number of rotatable bonds is 3. The number of halogens is 1. The fourth-order valence-corrected chi connectivity index (χ4v) is 0.895. The zero-order valence-corrected chi connectivity index (χ0v) is 6.55. The number of hydrogen-bond donors (Lipinski definition) is 1. The third-order valence-corrected chi connectivity index (χ3v) is 1.48. The van der Waals surface area contributed by atoms with Crippen LogP contribution < -0.4 is 5.32 Å². The van der Waals surface area contributed by atoms with Gasteiger partial charge in [-0.3, -0.25) is 0 Å². The Balaban J connectivity index is 2.53. The molecule has 3 heteroatoms. The molecule has 0 bridgehead atoms. The first kappa shape index (κ1) is 8.69. The summed E-state index contributed by atoms with van der Waals surface area (Å²) in [4.78, 5) is 0. The molecule has 0 saturated carbocycles. The van der Waals surface area contributed by atoms with Gasteiger partial charge in [-0.2, -0.15) is 5.26 Å². The molecule has 0 aliphatic carbocycles. The maximum absolute atomic E-state index is 12.9. The Labute approximate surface area is 70.6 Å². The van der Waals surface area contributed by atoms with Crippen LogP contribution in [0.25, 0.3) is 0 Å². The smallest absolute Gasteiger partial charge is 0.127 e. The number of nitriles is 1. The van der Waals surface area contributed by atoms with E-state index in [1.54, 1.807) is 18.2 Å². The monoisotopic (exact) mass is 164 g/mol. The van der Waals surface area contributed by atoms with Crippen molar-refractivity contribution in [1.82, 2.24) is 5.32 Å². The highest BCUT2D eigenvalue weighted by Crippen LogP contribution is 2.04. The maximum Gasteiger partial charge on any atom is 0.127 e. The lowest BCUT2D eigenvalue weighted by Crippen LogP contribution is -2.13. The molecule has 0 aromatic heterocycles. The van der Waals surface area contributed by atoms with Gasteiger partial charge < -0.3 is 5.32 Å². The van der Waals surface area contributed by atoms with E-state index in [1.807, 2.05) is 6.07 Å². The molecule has 0 atom stereocenters. The van der Waals surface area contributed by atoms with Crippen LogP contribution in [-0.4, -0.2) is 6.54 Å². The molecule has 0 spiro atoms. The molecule has 12 heavy (non-hydrogen) atoms. The summed E-state index contributed by atoms with van der Waals surface area (Å²) in [6.07, 6.45) is 0. The van der Waals surface area contributed by atoms with Gasteiger partial charge >= 0.3 is 0 Å². The van der Waals surface area contributed by atoms with Crippen LogP contribution in [0.4, 0.5) is 4.39 Å². The zero-order valence-electron chi connectivity index (χ0n) is 6.55. The Morgan fingerprint density at radius 3 is 2.83 bits per heavy atom. The lowest BCUT2D eigenvalue weighted by molar-refractivity contribution is 0.597. The fraction of sp³-hybridized carbons (Fsp3) is 0.222. The first-order chi connectivity index (χ1) is 5.84. The van der Waals surface area contributed by atoms with Gasteiger partial charge in [0, 0.05) is 12.1 Å². The fourth-order valence-electron chi connectivity index (χ4n) is 0.895. The van der Waals surface area contributed by atoms with Crippen molar-refractivity contribution >= 4 is 0 Å². The third-order valence-electron chi connectivity index (χ3n) is 1.48. The molecule has 0 aliphatic rings. The van der Waals surface area contributed by atoms with Gasteiger partial charge in [-0.25, -0.2) is 4.39 Å². The van der Waals surface area contributed by atoms with Crippen molar-refractivity contribution in [2.75, 3.05) is 6.54 Å². The van der Waals surface area contributed by atoms with E-state index >= 15 is 0 Å². The third kappa shape index (κ3) is 2.33. The molecule has 0 saturated heterocycles. The van der Waals surface area contributed by atoms with Crippen LogP contribution in [0.3, 0.4) is 0 Å². The van der Waals surface area contributed by atoms with Gasteiger partial charge in [0.25, 0.3) is 0 Å². The van der Waals surface area contributed by atoms with E-state index in [4.69, 9.17) is 5.26 Å². The summed E-state index contributed by atoms with van der Waals surface area (Å²) in [5.74, 6) is -0.233. The molecule has 62 valence electrons. The van der Waals surface area contributed by atoms with Gasteiger partial charge in [0.1, 0.15) is 5.82 Å². The molecule has 1 aromatic rings. The van der Waals surface area contributed by atoms with Crippen molar-refractivity contribution in [3.8, 4) is 6.07 Å². The van der Waals surface area contributed by atoms with E-state index in [-0.39, 0.29) is 12.4 Å². The molecule has 1 aromatic carbocycles. The summed E-state index contributed by atoms with van der Waals surface area (Å²) in [5, 5.41) is 11.0. The highest BCUT2D eigenvalue weighted by atomic mass is 19.1. The predicted octanol–water partition coefficient (Wildman–Crippen LogP) is 1.44. The van der Waals surface area contributed by atoms with E-state index in [0.29, 0.717) is 12.1 Å². The highest BCUT2D eigenvalue weighted by molar-refractivity contribution is 5.16. The Morgan fingerprint density at radius 2 is 2.17 bits per heavy atom. The minimum absolute atomic E-state index is 0.233. The van der Waals surface area contributed by atoms with Crippen LogP contribution in [-0.2, 0) is 6.54 Å². The first-order valence-corrected chi connectivity index (χ1v) is 3.65. The van der Waals surface area contributed by atoms with Gasteiger partial charge in [-0.1, -0.05) is 18.2 Å². The summed E-state index contributed by atoms with van der Waals surface area (Å²) in [7, 11) is 0. The van der Waals surface area contributed by atoms with Crippen LogP contribution >= 0.6 is 0 Å². The van der Waals surface area contributed by atoms with Gasteiger partial charge in [0.15, 0.2) is 0 Å². The van der Waals surface area contributed by atoms with Crippen LogP contribution in [0.15, 0.2) is 24.3 Å². The summed E-state index contributed by atoms with van der Waals surface area (Å²) < 4.78 is 12.9. The van der Waals surface area contributed by atoms with Gasteiger partial charge in [-0.15, -0.1) is 0 Å². The second-order valence-corrected chi connectivity index (χ2v) is 2.35. The molecule has 0 unspecified atom stereocenters. The highest BCUT2D eigenvalue weighted by Gasteiger charge is 1.97. The number of nitrogens with zero attached hydrogens (tertiary/aromatic N) is 1. The van der Waals surface area contributed by atoms with Crippen LogP contribution in [0, 0.1) is 17.1 Å². The topological polar surface area (TPSA) is 35.8 Å². The molecule has 0 heterocycles. The molecule has 0 aliphatic heterocycles. The average Bonchev–Trinajstić information content (AvgIpc) is 2.09. The van der Waals surface area contributed by atoms with E-state index in [1.165, 1.54) is 6.07 Å². The van der Waals surface area contributed by atoms with Crippen molar-refractivity contribution < 1.29 is 4.39 Å². The molecule has 2 nitrogen and oxygen atoms in total. The molecular formula is C9H9FN2. The molecule has 0 radical (unpaired) electrons. The summed E-state index contributed by atoms with van der Waals surface area (Å²) in [6, 6.07) is 8.44. The van der Waals surface area contributed by atoms with E-state index in [2.05, 4.69) is 5.32 Å². The molecular weight excluding hydrogens is 155 g/mol. The Kier molecular flexibility index (Phi) is 3.24. The predicted molar refractivity (Wildman–Crippen MR) is 43.7 cm³/mol. The van der Waals surface area contributed by atoms with Crippen molar-refractivity contribution in [2.24, 2.45) is 0 Å². The second-order valence-electron chi connectivity index (χ2n) is 2.35. The van der Waals surface area contributed by atoms with Gasteiger partial charge in [0.05, 0.1) is 12.6 Å². The Hall–Kier alpha value is -1.40. The Morgan fingerprint density at radius 1 is 1.42 bits per heavy atom. The molecule has 1 rings (SSSR count). The number of benzene rings is 1. The van der Waals surface area contributed by atoms with Crippen molar-refractivity contribution in [1.29, 1.82) is 5.26 Å². The average molecular weight is 164 g/mol. The van der Waals surface area contributed by atoms with Crippen molar-refractivity contribution in [2.45, 2.75) is 6.54 Å². The maximum atomic E-state index is 12.9. The summed E-state index contributed by atoms with van der Waals surface area (Å²) >= 11 is 0. The summed E-state index contributed by atoms with van der Waals surface area (Å²) in [6.45, 7) is 0.647. The zero-order chi connectivity index (χ0) is 8.81. The van der Waals surface area contributed by atoms with Crippen molar-refractivity contribution in [3.63, 3.8) is 0 Å². The van der Waals surface area contributed by atoms with E-state index < -0.39 is 0 Å². The SMILES string of the molecule is N#CCNCc1ccccc1F. The van der Waals surface area contributed by atoms with Gasteiger partial charge in [0.2, 0.25) is 0 Å². The van der Waals surface area contributed by atoms with Crippen molar-refractivity contribution in [3.05, 3.63) is 35.6 Å². The molecule has 0 amide bonds. The second kappa shape index (κ2) is 4.47. The van der Waals surface area contributed by atoms with E-state index in [0.717, 1.165) is 0 Å². The summed E-state index contributed by atoms with van der Waals surface area (Å²) in [5.41, 5.74) is 0.591. The number of nitrogens with one attached hydrogen (secondary N) is 1. The van der Waals surface area contributed by atoms with Crippen LogP contribution in [0.5, 0.6) is 0 Å². The minimum Gasteiger partial charge on any atom is -0.300 e. The molecule has 1 N–H and O–H groups in total. The largest absolute Gasteiger partial charge is 0.300 e. The quantitative estimate of drug-likeness (QED) is 0.542. The normalized spacial score (nSPS) is 9.33. The van der Waals surface area contributed by atoms with Crippen LogP contribution in [0.1, 0.15) is 5.56 Å². The van der Waals surface area contributed by atoms with Gasteiger partial charge in [-0.05, 0) is 6.07 Å². The van der Waals surface area contributed by atoms with E-state index in [9.17, 15) is 4.39 Å². The standard InChI is InChI=1S/C9H9FN2/c10-9-4-2-1-3-8(9)7-12-6-5-11/h1-4,12H,6-7H2. The van der Waals surface area contributed by atoms with Crippen LogP contribution in [0.2, 0.25) is 0 Å². The minimum atomic E-state index is -0.233. The Bertz CT molecular complexity index is 291. The lowest BCUT2D eigenvalue weighted by atomic mass is 10.2. The molecule has 0 fully saturated rings. The first-order valence-electron chi connectivity index (χ1n) is 3.65.